The van der Waals surface area contributed by atoms with Crippen LogP contribution in [0.2, 0.25) is 0 Å². The van der Waals surface area contributed by atoms with Crippen LogP contribution in [0.1, 0.15) is 15.9 Å². The third-order valence-electron chi connectivity index (χ3n) is 2.44. The highest BCUT2D eigenvalue weighted by Crippen LogP contribution is 2.38. The predicted octanol–water partition coefficient (Wildman–Crippen LogP) is 4.35. The number of halogens is 4. The van der Waals surface area contributed by atoms with Gasteiger partial charge in [0.1, 0.15) is 11.5 Å². The molecule has 0 spiro atoms. The van der Waals surface area contributed by atoms with Crippen LogP contribution in [-0.4, -0.2) is 16.1 Å². The van der Waals surface area contributed by atoms with Crippen LogP contribution in [0.3, 0.4) is 0 Å². The smallest absolute Gasteiger partial charge is 0.420 e. The Kier molecular flexibility index (Phi) is 4.17. The molecule has 1 heterocycles. The highest BCUT2D eigenvalue weighted by Gasteiger charge is 2.35. The van der Waals surface area contributed by atoms with Gasteiger partial charge in [0.05, 0.1) is 17.3 Å². The van der Waals surface area contributed by atoms with E-state index in [1.807, 2.05) is 0 Å². The van der Waals surface area contributed by atoms with Crippen molar-refractivity contribution in [2.24, 2.45) is 0 Å². The molecule has 2 rings (SSSR count). The fraction of sp³-hybridized carbons (Fsp3) is 0.0769. The highest BCUT2D eigenvalue weighted by atomic mass is 79.9. The number of benzene rings is 1. The zero-order valence-electron chi connectivity index (χ0n) is 10.2. The maximum atomic E-state index is 13.0. The van der Waals surface area contributed by atoms with Crippen molar-refractivity contribution in [2.75, 3.05) is 0 Å². The summed E-state index contributed by atoms with van der Waals surface area (Å²) in [6, 6.07) is 3.98. The number of hydrogen-bond donors (Lipinski definition) is 1. The topological polar surface area (TPSA) is 59.4 Å². The second kappa shape index (κ2) is 5.72. The van der Waals surface area contributed by atoms with Crippen LogP contribution in [0.15, 0.2) is 41.1 Å². The van der Waals surface area contributed by atoms with Crippen LogP contribution in [0, 0.1) is 0 Å². The quantitative estimate of drug-likeness (QED) is 0.882. The molecular formula is C13H7BrF3NO3. The van der Waals surface area contributed by atoms with Gasteiger partial charge in [0.25, 0.3) is 0 Å². The van der Waals surface area contributed by atoms with E-state index in [2.05, 4.69) is 20.9 Å². The number of nitrogens with zero attached hydrogens (tertiary/aromatic N) is 1. The molecule has 21 heavy (non-hydrogen) atoms. The van der Waals surface area contributed by atoms with E-state index in [-0.39, 0.29) is 5.75 Å². The van der Waals surface area contributed by atoms with Gasteiger partial charge in [-0.15, -0.1) is 0 Å². The normalized spacial score (nSPS) is 11.2. The first-order valence-electron chi connectivity index (χ1n) is 5.50. The lowest BCUT2D eigenvalue weighted by Crippen LogP contribution is -2.09. The summed E-state index contributed by atoms with van der Waals surface area (Å²) in [5.41, 5.74) is -1.63. The first kappa shape index (κ1) is 15.3. The summed E-state index contributed by atoms with van der Waals surface area (Å²) in [5.74, 6) is -1.85. The fourth-order valence-corrected chi connectivity index (χ4v) is 1.89. The predicted molar refractivity (Wildman–Crippen MR) is 70.4 cm³/mol. The maximum absolute atomic E-state index is 13.0. The Morgan fingerprint density at radius 1 is 1.24 bits per heavy atom. The van der Waals surface area contributed by atoms with Gasteiger partial charge < -0.3 is 9.84 Å². The molecule has 110 valence electrons. The summed E-state index contributed by atoms with van der Waals surface area (Å²) in [7, 11) is 0. The number of aromatic nitrogens is 1. The minimum absolute atomic E-state index is 0.0953. The molecule has 8 heteroatoms. The number of aromatic carboxylic acids is 1. The highest BCUT2D eigenvalue weighted by molar-refractivity contribution is 9.10. The Balaban J connectivity index is 2.45. The molecule has 0 atom stereocenters. The minimum atomic E-state index is -4.74. The first-order chi connectivity index (χ1) is 9.77. The summed E-state index contributed by atoms with van der Waals surface area (Å²) in [4.78, 5) is 14.5. The summed E-state index contributed by atoms with van der Waals surface area (Å²) < 4.78 is 44.6. The molecule has 0 saturated carbocycles. The molecular weight excluding hydrogens is 355 g/mol. The third kappa shape index (κ3) is 3.72. The lowest BCUT2D eigenvalue weighted by molar-refractivity contribution is -0.138. The van der Waals surface area contributed by atoms with Crippen molar-refractivity contribution in [3.63, 3.8) is 0 Å². The van der Waals surface area contributed by atoms with Crippen LogP contribution < -0.4 is 4.74 Å². The second-order valence-electron chi connectivity index (χ2n) is 3.95. The molecule has 0 fully saturated rings. The van der Waals surface area contributed by atoms with Gasteiger partial charge >= 0.3 is 12.1 Å². The van der Waals surface area contributed by atoms with Gasteiger partial charge in [0.15, 0.2) is 0 Å². The molecule has 0 aliphatic carbocycles. The molecule has 0 unspecified atom stereocenters. The Hall–Kier alpha value is -2.09. The zero-order valence-corrected chi connectivity index (χ0v) is 11.8. The fourth-order valence-electron chi connectivity index (χ4n) is 1.55. The van der Waals surface area contributed by atoms with Crippen molar-refractivity contribution in [1.29, 1.82) is 0 Å². The van der Waals surface area contributed by atoms with E-state index in [1.54, 1.807) is 0 Å². The van der Waals surface area contributed by atoms with Crippen LogP contribution >= 0.6 is 15.9 Å². The van der Waals surface area contributed by atoms with Gasteiger partial charge in [0, 0.05) is 10.7 Å². The number of alkyl halides is 3. The van der Waals surface area contributed by atoms with Crippen LogP contribution in [0.5, 0.6) is 11.5 Å². The summed E-state index contributed by atoms with van der Waals surface area (Å²) in [5, 5.41) is 8.77. The summed E-state index contributed by atoms with van der Waals surface area (Å²) >= 11 is 3.12. The van der Waals surface area contributed by atoms with Crippen molar-refractivity contribution in [3.05, 3.63) is 52.3 Å². The van der Waals surface area contributed by atoms with Gasteiger partial charge in [-0.25, -0.2) is 4.79 Å². The first-order valence-corrected chi connectivity index (χ1v) is 6.29. The Labute approximate surface area is 125 Å². The zero-order chi connectivity index (χ0) is 15.6. The molecule has 0 bridgehead atoms. The number of hydrogen-bond acceptors (Lipinski definition) is 3. The minimum Gasteiger partial charge on any atom is -0.478 e. The molecule has 0 radical (unpaired) electrons. The molecule has 0 saturated heterocycles. The monoisotopic (exact) mass is 361 g/mol. The summed E-state index contributed by atoms with van der Waals surface area (Å²) in [6.45, 7) is 0. The van der Waals surface area contributed by atoms with Crippen molar-refractivity contribution in [3.8, 4) is 11.5 Å². The van der Waals surface area contributed by atoms with Crippen molar-refractivity contribution in [2.45, 2.75) is 6.18 Å². The second-order valence-corrected chi connectivity index (χ2v) is 4.87. The number of carbonyl (C=O) groups is 1. The van der Waals surface area contributed by atoms with E-state index < -0.39 is 29.0 Å². The van der Waals surface area contributed by atoms with Crippen molar-refractivity contribution < 1.29 is 27.8 Å². The molecule has 0 aliphatic rings. The van der Waals surface area contributed by atoms with Crippen LogP contribution in [0.4, 0.5) is 13.2 Å². The number of pyridine rings is 1. The van der Waals surface area contributed by atoms with E-state index in [4.69, 9.17) is 9.84 Å². The van der Waals surface area contributed by atoms with E-state index in [0.29, 0.717) is 10.5 Å². The van der Waals surface area contributed by atoms with Crippen molar-refractivity contribution in [1.82, 2.24) is 4.98 Å². The standard InChI is InChI=1S/C13H7BrF3NO3/c14-8-4-9(6-18-5-8)21-11-2-1-7(12(19)20)3-10(11)13(15,16)17/h1-6H,(H,19,20). The maximum Gasteiger partial charge on any atom is 0.420 e. The number of carboxylic acid groups (broad SMARTS) is 1. The molecule has 1 aromatic carbocycles. The number of carboxylic acids is 1. The largest absolute Gasteiger partial charge is 0.478 e. The lowest BCUT2D eigenvalue weighted by Gasteiger charge is -2.14. The van der Waals surface area contributed by atoms with Gasteiger partial charge in [-0.1, -0.05) is 0 Å². The Morgan fingerprint density at radius 2 is 1.95 bits per heavy atom. The van der Waals surface area contributed by atoms with E-state index >= 15 is 0 Å². The van der Waals surface area contributed by atoms with Crippen LogP contribution in [-0.2, 0) is 6.18 Å². The SMILES string of the molecule is O=C(O)c1ccc(Oc2cncc(Br)c2)c(C(F)(F)F)c1. The third-order valence-corrected chi connectivity index (χ3v) is 2.87. The Bertz CT molecular complexity index is 689. The van der Waals surface area contributed by atoms with Gasteiger partial charge in [0.2, 0.25) is 0 Å². The molecule has 0 aliphatic heterocycles. The Morgan fingerprint density at radius 3 is 2.52 bits per heavy atom. The van der Waals surface area contributed by atoms with Crippen LogP contribution in [0.25, 0.3) is 0 Å². The lowest BCUT2D eigenvalue weighted by atomic mass is 10.1. The van der Waals surface area contributed by atoms with Gasteiger partial charge in [-0.3, -0.25) is 4.98 Å². The number of ether oxygens (including phenoxy) is 1. The van der Waals surface area contributed by atoms with E-state index in [0.717, 1.165) is 12.1 Å². The average molecular weight is 362 g/mol. The molecule has 2 aromatic rings. The van der Waals surface area contributed by atoms with Gasteiger partial charge in [-0.2, -0.15) is 13.2 Å². The van der Waals surface area contributed by atoms with E-state index in [1.165, 1.54) is 18.5 Å². The molecule has 1 N–H and O–H groups in total. The summed E-state index contributed by atoms with van der Waals surface area (Å²) in [6.07, 6.45) is -2.04. The van der Waals surface area contributed by atoms with Gasteiger partial charge in [-0.05, 0) is 40.2 Å². The molecule has 1 aromatic heterocycles. The molecule has 0 amide bonds. The molecule has 4 nitrogen and oxygen atoms in total. The van der Waals surface area contributed by atoms with E-state index in [9.17, 15) is 18.0 Å². The number of rotatable bonds is 3. The average Bonchev–Trinajstić information content (AvgIpc) is 2.37. The van der Waals surface area contributed by atoms with Crippen molar-refractivity contribution >= 4 is 21.9 Å².